The Morgan fingerprint density at radius 3 is 2.15 bits per heavy atom. The van der Waals surface area contributed by atoms with Crippen LogP contribution in [0, 0.1) is 6.92 Å². The number of sulfonamides is 1. The number of aryl methyl sites for hydroxylation is 2. The van der Waals surface area contributed by atoms with E-state index in [1.807, 2.05) is 31.2 Å². The maximum atomic E-state index is 13.1. The standard InChI is InChI=1S/C27H32N2O4S/c1-4-6-7-22-10-12-23(13-11-22)28-27(30)20-33-25-16-14-24(15-17-25)29(5-2)34(31,32)26-18-8-21(3)9-19-26/h8-19H,4-7,20H2,1-3H3,(H,28,30). The van der Waals surface area contributed by atoms with Gasteiger partial charge >= 0.3 is 0 Å². The number of rotatable bonds is 11. The number of nitrogens with zero attached hydrogens (tertiary/aromatic N) is 1. The van der Waals surface area contributed by atoms with Crippen LogP contribution >= 0.6 is 0 Å². The molecule has 0 saturated heterocycles. The zero-order valence-electron chi connectivity index (χ0n) is 20.0. The number of benzene rings is 3. The van der Waals surface area contributed by atoms with Crippen LogP contribution in [0.25, 0.3) is 0 Å². The van der Waals surface area contributed by atoms with Crippen LogP contribution in [0.5, 0.6) is 5.75 Å². The number of anilines is 2. The molecule has 3 aromatic carbocycles. The van der Waals surface area contributed by atoms with E-state index in [0.717, 1.165) is 30.5 Å². The average Bonchev–Trinajstić information content (AvgIpc) is 2.83. The molecule has 0 aromatic heterocycles. The molecule has 0 radical (unpaired) electrons. The van der Waals surface area contributed by atoms with Crippen LogP contribution in [-0.2, 0) is 21.2 Å². The molecule has 0 heterocycles. The number of amides is 1. The van der Waals surface area contributed by atoms with Crippen molar-refractivity contribution in [2.75, 3.05) is 22.8 Å². The zero-order chi connectivity index (χ0) is 24.6. The fourth-order valence-electron chi connectivity index (χ4n) is 3.52. The summed E-state index contributed by atoms with van der Waals surface area (Å²) in [5, 5.41) is 2.82. The Bertz CT molecular complexity index is 1170. The molecule has 0 spiro atoms. The van der Waals surface area contributed by atoms with Crippen molar-refractivity contribution in [2.24, 2.45) is 0 Å². The van der Waals surface area contributed by atoms with Crippen LogP contribution in [0.4, 0.5) is 11.4 Å². The van der Waals surface area contributed by atoms with Crippen molar-refractivity contribution >= 4 is 27.3 Å². The molecular weight excluding hydrogens is 448 g/mol. The molecule has 180 valence electrons. The van der Waals surface area contributed by atoms with Gasteiger partial charge < -0.3 is 10.1 Å². The van der Waals surface area contributed by atoms with Crippen molar-refractivity contribution in [3.8, 4) is 5.75 Å². The molecule has 0 fully saturated rings. The van der Waals surface area contributed by atoms with Crippen molar-refractivity contribution in [3.05, 3.63) is 83.9 Å². The highest BCUT2D eigenvalue weighted by molar-refractivity contribution is 7.92. The first-order chi connectivity index (χ1) is 16.3. The number of ether oxygens (including phenoxy) is 1. The van der Waals surface area contributed by atoms with E-state index >= 15 is 0 Å². The summed E-state index contributed by atoms with van der Waals surface area (Å²) in [5.74, 6) is 0.222. The number of unbranched alkanes of at least 4 members (excludes halogenated alkanes) is 1. The quantitative estimate of drug-likeness (QED) is 0.389. The van der Waals surface area contributed by atoms with Crippen molar-refractivity contribution in [1.82, 2.24) is 0 Å². The van der Waals surface area contributed by atoms with E-state index in [4.69, 9.17) is 4.74 Å². The summed E-state index contributed by atoms with van der Waals surface area (Å²) >= 11 is 0. The molecule has 1 amide bonds. The third-order valence-electron chi connectivity index (χ3n) is 5.45. The number of nitrogens with one attached hydrogen (secondary N) is 1. The number of hydrogen-bond acceptors (Lipinski definition) is 4. The molecule has 0 aliphatic heterocycles. The minimum atomic E-state index is -3.67. The van der Waals surface area contributed by atoms with Crippen LogP contribution in [-0.4, -0.2) is 27.5 Å². The second-order valence-corrected chi connectivity index (χ2v) is 9.98. The largest absolute Gasteiger partial charge is 0.484 e. The zero-order valence-corrected chi connectivity index (χ0v) is 20.8. The summed E-state index contributed by atoms with van der Waals surface area (Å²) in [6.07, 6.45) is 3.33. The van der Waals surface area contributed by atoms with E-state index in [0.29, 0.717) is 11.4 Å². The normalized spacial score (nSPS) is 11.1. The Labute approximate surface area is 202 Å². The molecule has 0 aliphatic rings. The van der Waals surface area contributed by atoms with E-state index in [9.17, 15) is 13.2 Å². The average molecular weight is 481 g/mol. The Balaban J connectivity index is 1.58. The van der Waals surface area contributed by atoms with Crippen molar-refractivity contribution in [2.45, 2.75) is 44.9 Å². The summed E-state index contributed by atoms with van der Waals surface area (Å²) in [6, 6.07) is 21.3. The molecular formula is C27H32N2O4S. The molecule has 3 rings (SSSR count). The van der Waals surface area contributed by atoms with Gasteiger partial charge in [-0.2, -0.15) is 0 Å². The molecule has 0 unspecified atom stereocenters. The molecule has 7 heteroatoms. The van der Waals surface area contributed by atoms with Crippen molar-refractivity contribution < 1.29 is 17.9 Å². The number of hydrogen-bond donors (Lipinski definition) is 1. The van der Waals surface area contributed by atoms with Gasteiger partial charge in [0.1, 0.15) is 5.75 Å². The fourth-order valence-corrected chi connectivity index (χ4v) is 4.99. The monoisotopic (exact) mass is 480 g/mol. The molecule has 0 bridgehead atoms. The second-order valence-electron chi connectivity index (χ2n) is 8.11. The van der Waals surface area contributed by atoms with Gasteiger partial charge in [0, 0.05) is 12.2 Å². The predicted molar refractivity (Wildman–Crippen MR) is 137 cm³/mol. The van der Waals surface area contributed by atoms with Gasteiger partial charge in [-0.05, 0) is 80.8 Å². The van der Waals surface area contributed by atoms with Crippen LogP contribution in [0.15, 0.2) is 77.7 Å². The van der Waals surface area contributed by atoms with Crippen molar-refractivity contribution in [3.63, 3.8) is 0 Å². The summed E-state index contributed by atoms with van der Waals surface area (Å²) in [5.41, 5.74) is 3.50. The third-order valence-corrected chi connectivity index (χ3v) is 7.36. The van der Waals surface area contributed by atoms with Gasteiger partial charge in [-0.1, -0.05) is 43.2 Å². The van der Waals surface area contributed by atoms with Crippen LogP contribution in [0.3, 0.4) is 0 Å². The van der Waals surface area contributed by atoms with Gasteiger partial charge in [-0.15, -0.1) is 0 Å². The Kier molecular flexibility index (Phi) is 8.71. The van der Waals surface area contributed by atoms with Gasteiger partial charge in [0.2, 0.25) is 0 Å². The predicted octanol–water partition coefficient (Wildman–Crippen LogP) is 5.57. The van der Waals surface area contributed by atoms with E-state index in [1.54, 1.807) is 55.5 Å². The molecule has 1 N–H and O–H groups in total. The summed E-state index contributed by atoms with van der Waals surface area (Å²) in [6.45, 7) is 6.01. The highest BCUT2D eigenvalue weighted by atomic mass is 32.2. The first-order valence-corrected chi connectivity index (χ1v) is 13.0. The molecule has 0 aliphatic carbocycles. The molecule has 0 atom stereocenters. The highest BCUT2D eigenvalue weighted by Crippen LogP contribution is 2.26. The minimum Gasteiger partial charge on any atom is -0.484 e. The Hall–Kier alpha value is -3.32. The van der Waals surface area contributed by atoms with Gasteiger partial charge in [-0.3, -0.25) is 9.10 Å². The Morgan fingerprint density at radius 2 is 1.56 bits per heavy atom. The molecule has 0 saturated carbocycles. The maximum absolute atomic E-state index is 13.1. The first-order valence-electron chi connectivity index (χ1n) is 11.5. The molecule has 3 aromatic rings. The van der Waals surface area contributed by atoms with Crippen LogP contribution in [0.2, 0.25) is 0 Å². The van der Waals surface area contributed by atoms with Crippen molar-refractivity contribution in [1.29, 1.82) is 0 Å². The lowest BCUT2D eigenvalue weighted by atomic mass is 10.1. The van der Waals surface area contributed by atoms with E-state index in [2.05, 4.69) is 12.2 Å². The lowest BCUT2D eigenvalue weighted by Gasteiger charge is -2.23. The summed E-state index contributed by atoms with van der Waals surface area (Å²) in [7, 11) is -3.67. The van der Waals surface area contributed by atoms with Crippen LogP contribution < -0.4 is 14.4 Å². The van der Waals surface area contributed by atoms with Crippen LogP contribution in [0.1, 0.15) is 37.8 Å². The minimum absolute atomic E-state index is 0.143. The molecule has 34 heavy (non-hydrogen) atoms. The summed E-state index contributed by atoms with van der Waals surface area (Å²) < 4.78 is 33.1. The second kappa shape index (κ2) is 11.7. The molecule has 6 nitrogen and oxygen atoms in total. The van der Waals surface area contributed by atoms with E-state index in [1.165, 1.54) is 9.87 Å². The number of carbonyl (C=O) groups excluding carboxylic acids is 1. The van der Waals surface area contributed by atoms with Gasteiger partial charge in [0.25, 0.3) is 15.9 Å². The topological polar surface area (TPSA) is 75.7 Å². The van der Waals surface area contributed by atoms with E-state index in [-0.39, 0.29) is 24.0 Å². The summed E-state index contributed by atoms with van der Waals surface area (Å²) in [4.78, 5) is 12.5. The first kappa shape index (κ1) is 25.3. The van der Waals surface area contributed by atoms with E-state index < -0.39 is 10.0 Å². The Morgan fingerprint density at radius 1 is 0.912 bits per heavy atom. The lowest BCUT2D eigenvalue weighted by Crippen LogP contribution is -2.30. The van der Waals surface area contributed by atoms with Gasteiger partial charge in [0.05, 0.1) is 10.6 Å². The lowest BCUT2D eigenvalue weighted by molar-refractivity contribution is -0.118. The maximum Gasteiger partial charge on any atom is 0.264 e. The van der Waals surface area contributed by atoms with Gasteiger partial charge in [0.15, 0.2) is 6.61 Å². The SMILES string of the molecule is CCCCc1ccc(NC(=O)COc2ccc(N(CC)S(=O)(=O)c3ccc(C)cc3)cc2)cc1. The third kappa shape index (κ3) is 6.60. The fraction of sp³-hybridized carbons (Fsp3) is 0.296. The highest BCUT2D eigenvalue weighted by Gasteiger charge is 2.23. The number of carbonyl (C=O) groups is 1. The smallest absolute Gasteiger partial charge is 0.264 e. The van der Waals surface area contributed by atoms with Gasteiger partial charge in [-0.25, -0.2) is 8.42 Å².